The molecule has 0 saturated heterocycles. The van der Waals surface area contributed by atoms with Gasteiger partial charge in [-0.15, -0.1) is 0 Å². The van der Waals surface area contributed by atoms with E-state index in [1.54, 1.807) is 33.5 Å². The summed E-state index contributed by atoms with van der Waals surface area (Å²) < 4.78 is 28.8. The van der Waals surface area contributed by atoms with E-state index in [0.717, 1.165) is 24.1 Å². The Morgan fingerprint density at radius 1 is 0.897 bits per heavy atom. The third kappa shape index (κ3) is 8.06. The minimum atomic E-state index is -1.82. The Bertz CT molecular complexity index is 772. The number of carboxylic acid groups (broad SMARTS) is 2. The lowest BCUT2D eigenvalue weighted by Gasteiger charge is -2.14. The van der Waals surface area contributed by atoms with Crippen molar-refractivity contribution < 1.29 is 38.4 Å². The predicted molar refractivity (Wildman–Crippen MR) is 103 cm³/mol. The zero-order valence-electron chi connectivity index (χ0n) is 16.4. The number of benzene rings is 2. The summed E-state index contributed by atoms with van der Waals surface area (Å²) in [5, 5.41) is 18.1. The lowest BCUT2D eigenvalue weighted by molar-refractivity contribution is -0.159. The molecule has 0 saturated carbocycles. The highest BCUT2D eigenvalue weighted by atomic mass is 19.1. The summed E-state index contributed by atoms with van der Waals surface area (Å²) in [5.74, 6) is -1.99. The fourth-order valence-electron chi connectivity index (χ4n) is 2.35. The largest absolute Gasteiger partial charge is 0.493 e. The molecule has 9 heteroatoms. The van der Waals surface area contributed by atoms with Crippen LogP contribution in [0.25, 0.3) is 0 Å². The first-order chi connectivity index (χ1) is 13.8. The summed E-state index contributed by atoms with van der Waals surface area (Å²) >= 11 is 0. The summed E-state index contributed by atoms with van der Waals surface area (Å²) in [5.41, 5.74) is 2.14. The number of aliphatic carboxylic acids is 2. The molecule has 0 heterocycles. The lowest BCUT2D eigenvalue weighted by Crippen LogP contribution is -2.16. The zero-order valence-corrected chi connectivity index (χ0v) is 16.4. The van der Waals surface area contributed by atoms with E-state index in [1.807, 2.05) is 12.1 Å². The number of hydrogen-bond donors (Lipinski definition) is 3. The van der Waals surface area contributed by atoms with E-state index in [2.05, 4.69) is 5.32 Å². The van der Waals surface area contributed by atoms with Crippen LogP contribution in [0.4, 0.5) is 4.39 Å². The van der Waals surface area contributed by atoms with Crippen LogP contribution in [0.3, 0.4) is 0 Å². The quantitative estimate of drug-likeness (QED) is 0.450. The Kier molecular flexibility index (Phi) is 9.97. The van der Waals surface area contributed by atoms with Crippen LogP contribution >= 0.6 is 0 Å². The van der Waals surface area contributed by atoms with Crippen molar-refractivity contribution in [2.45, 2.75) is 13.0 Å². The highest BCUT2D eigenvalue weighted by Crippen LogP contribution is 2.38. The first kappa shape index (κ1) is 23.7. The average molecular weight is 409 g/mol. The molecule has 0 radical (unpaired) electrons. The lowest BCUT2D eigenvalue weighted by atomic mass is 10.1. The molecule has 158 valence electrons. The molecule has 0 aliphatic carbocycles. The van der Waals surface area contributed by atoms with Gasteiger partial charge in [-0.1, -0.05) is 12.1 Å². The van der Waals surface area contributed by atoms with Crippen LogP contribution in [-0.4, -0.2) is 50.0 Å². The number of nitrogens with one attached hydrogen (secondary N) is 1. The molecule has 0 aliphatic rings. The van der Waals surface area contributed by atoms with E-state index in [0.29, 0.717) is 23.8 Å². The fourth-order valence-corrected chi connectivity index (χ4v) is 2.35. The monoisotopic (exact) mass is 409 g/mol. The highest BCUT2D eigenvalue weighted by molar-refractivity contribution is 6.27. The first-order valence-corrected chi connectivity index (χ1v) is 8.52. The van der Waals surface area contributed by atoms with Gasteiger partial charge in [0.1, 0.15) is 5.82 Å². The van der Waals surface area contributed by atoms with E-state index in [-0.39, 0.29) is 5.82 Å². The second kappa shape index (κ2) is 12.2. The number of ether oxygens (including phenoxy) is 3. The van der Waals surface area contributed by atoms with Crippen molar-refractivity contribution in [1.29, 1.82) is 0 Å². The second-order valence-corrected chi connectivity index (χ2v) is 5.70. The van der Waals surface area contributed by atoms with Gasteiger partial charge in [0, 0.05) is 6.54 Å². The molecule has 3 N–H and O–H groups in total. The van der Waals surface area contributed by atoms with E-state index >= 15 is 0 Å². The molecule has 0 amide bonds. The van der Waals surface area contributed by atoms with Crippen molar-refractivity contribution in [3.63, 3.8) is 0 Å². The number of carbonyl (C=O) groups is 2. The molecule has 2 rings (SSSR count). The molecule has 0 unspecified atom stereocenters. The van der Waals surface area contributed by atoms with Gasteiger partial charge in [-0.05, 0) is 48.4 Å². The molecule has 2 aromatic carbocycles. The number of hydrogen-bond acceptors (Lipinski definition) is 6. The summed E-state index contributed by atoms with van der Waals surface area (Å²) in [6.45, 7) is 1.47. The van der Waals surface area contributed by atoms with E-state index in [4.69, 9.17) is 34.0 Å². The number of rotatable bonds is 8. The Labute approximate surface area is 167 Å². The van der Waals surface area contributed by atoms with E-state index in [1.165, 1.54) is 12.1 Å². The SMILES string of the molecule is COc1cc(CNCCc2ccc(F)cc2)cc(OC)c1OC.O=C(O)C(=O)O. The maximum Gasteiger partial charge on any atom is 0.414 e. The summed E-state index contributed by atoms with van der Waals surface area (Å²) in [6.07, 6.45) is 0.838. The Hall–Kier alpha value is -3.33. The van der Waals surface area contributed by atoms with Gasteiger partial charge in [0.2, 0.25) is 5.75 Å². The third-order valence-corrected chi connectivity index (χ3v) is 3.74. The fraction of sp³-hybridized carbons (Fsp3) is 0.300. The standard InChI is InChI=1S/C18H22FNO3.C2H2O4/c1-21-16-10-14(11-17(22-2)18(16)23-3)12-20-9-8-13-4-6-15(19)7-5-13;3-1(4)2(5)6/h4-7,10-11,20H,8-9,12H2,1-3H3;(H,3,4)(H,5,6). The molecule has 0 spiro atoms. The van der Waals surface area contributed by atoms with Gasteiger partial charge in [0.25, 0.3) is 0 Å². The van der Waals surface area contributed by atoms with Gasteiger partial charge in [-0.25, -0.2) is 14.0 Å². The first-order valence-electron chi connectivity index (χ1n) is 8.52. The maximum atomic E-state index is 12.9. The maximum absolute atomic E-state index is 12.9. The molecular formula is C20H24FNO7. The predicted octanol–water partition coefficient (Wildman–Crippen LogP) is 2.34. The molecule has 2 aromatic rings. The second-order valence-electron chi connectivity index (χ2n) is 5.70. The Balaban J connectivity index is 0.000000612. The van der Waals surface area contributed by atoms with Crippen LogP contribution < -0.4 is 19.5 Å². The Morgan fingerprint density at radius 3 is 1.83 bits per heavy atom. The normalized spacial score (nSPS) is 9.79. The molecule has 0 aliphatic heterocycles. The van der Waals surface area contributed by atoms with Gasteiger partial charge in [-0.2, -0.15) is 0 Å². The smallest absolute Gasteiger partial charge is 0.414 e. The highest BCUT2D eigenvalue weighted by Gasteiger charge is 2.12. The van der Waals surface area contributed by atoms with Gasteiger partial charge >= 0.3 is 11.9 Å². The molecule has 0 bridgehead atoms. The number of methoxy groups -OCH3 is 3. The van der Waals surface area contributed by atoms with Crippen molar-refractivity contribution in [1.82, 2.24) is 5.32 Å². The number of carboxylic acids is 2. The Morgan fingerprint density at radius 2 is 1.41 bits per heavy atom. The van der Waals surface area contributed by atoms with Crippen LogP contribution in [0.5, 0.6) is 17.2 Å². The van der Waals surface area contributed by atoms with Gasteiger partial charge in [0.05, 0.1) is 21.3 Å². The molecule has 0 aromatic heterocycles. The van der Waals surface area contributed by atoms with Crippen LogP contribution in [0.1, 0.15) is 11.1 Å². The molecule has 29 heavy (non-hydrogen) atoms. The summed E-state index contributed by atoms with van der Waals surface area (Å²) in [7, 11) is 4.78. The van der Waals surface area contributed by atoms with Gasteiger partial charge in [0.15, 0.2) is 11.5 Å². The molecular weight excluding hydrogens is 385 g/mol. The van der Waals surface area contributed by atoms with Crippen molar-refractivity contribution in [3.8, 4) is 17.2 Å². The van der Waals surface area contributed by atoms with Crippen molar-refractivity contribution in [2.75, 3.05) is 27.9 Å². The van der Waals surface area contributed by atoms with Crippen molar-refractivity contribution in [2.24, 2.45) is 0 Å². The van der Waals surface area contributed by atoms with Crippen LogP contribution in [-0.2, 0) is 22.6 Å². The molecule has 0 fully saturated rings. The average Bonchev–Trinajstić information content (AvgIpc) is 2.72. The van der Waals surface area contributed by atoms with Crippen LogP contribution in [0.2, 0.25) is 0 Å². The van der Waals surface area contributed by atoms with Crippen LogP contribution in [0.15, 0.2) is 36.4 Å². The van der Waals surface area contributed by atoms with E-state index < -0.39 is 11.9 Å². The topological polar surface area (TPSA) is 114 Å². The van der Waals surface area contributed by atoms with Gasteiger partial charge < -0.3 is 29.7 Å². The minimum absolute atomic E-state index is 0.209. The zero-order chi connectivity index (χ0) is 21.8. The third-order valence-electron chi connectivity index (χ3n) is 3.74. The summed E-state index contributed by atoms with van der Waals surface area (Å²) in [4.78, 5) is 18.2. The van der Waals surface area contributed by atoms with Crippen molar-refractivity contribution in [3.05, 3.63) is 53.3 Å². The molecule has 0 atom stereocenters. The summed E-state index contributed by atoms with van der Waals surface area (Å²) in [6, 6.07) is 10.4. The van der Waals surface area contributed by atoms with Crippen LogP contribution in [0, 0.1) is 5.82 Å². The van der Waals surface area contributed by atoms with Gasteiger partial charge in [-0.3, -0.25) is 0 Å². The minimum Gasteiger partial charge on any atom is -0.493 e. The number of halogens is 1. The van der Waals surface area contributed by atoms with Crippen molar-refractivity contribution >= 4 is 11.9 Å². The van der Waals surface area contributed by atoms with E-state index in [9.17, 15) is 4.39 Å². The molecule has 8 nitrogen and oxygen atoms in total.